The van der Waals surface area contributed by atoms with E-state index < -0.39 is 0 Å². The molecule has 2 aromatic rings. The van der Waals surface area contributed by atoms with Crippen molar-refractivity contribution < 1.29 is 18.4 Å². The van der Waals surface area contributed by atoms with Crippen molar-refractivity contribution in [2.24, 2.45) is 0 Å². The Kier molecular flexibility index (Phi) is 4.76. The Morgan fingerprint density at radius 3 is 2.26 bits per heavy atom. The number of carbonyl (C=O) groups excluding carboxylic acids is 2. The van der Waals surface area contributed by atoms with Crippen LogP contribution in [-0.4, -0.2) is 65.9 Å². The molecule has 3 amide bonds. The van der Waals surface area contributed by atoms with Gasteiger partial charge in [0.25, 0.3) is 5.91 Å². The van der Waals surface area contributed by atoms with Gasteiger partial charge in [-0.1, -0.05) is 0 Å². The quantitative estimate of drug-likeness (QED) is 0.771. The number of hydrogen-bond donors (Lipinski definition) is 0. The Bertz CT molecular complexity index is 865. The van der Waals surface area contributed by atoms with Crippen molar-refractivity contribution in [2.45, 2.75) is 26.2 Å². The van der Waals surface area contributed by atoms with Gasteiger partial charge in [0.05, 0.1) is 0 Å². The molecule has 2 aliphatic heterocycles. The highest BCUT2D eigenvalue weighted by atomic mass is 19.1. The maximum Gasteiger partial charge on any atom is 0.320 e. The minimum Gasteiger partial charge on any atom is -0.451 e. The summed E-state index contributed by atoms with van der Waals surface area (Å²) in [6.45, 7) is 5.42. The molecule has 1 aromatic heterocycles. The first-order chi connectivity index (χ1) is 13.0. The van der Waals surface area contributed by atoms with E-state index in [-0.39, 0.29) is 23.5 Å². The molecule has 0 aliphatic carbocycles. The molecule has 144 valence electrons. The van der Waals surface area contributed by atoms with E-state index in [2.05, 4.69) is 0 Å². The van der Waals surface area contributed by atoms with Crippen LogP contribution in [0.15, 0.2) is 22.6 Å². The first-order valence-corrected chi connectivity index (χ1v) is 9.56. The van der Waals surface area contributed by atoms with Crippen LogP contribution in [0.4, 0.5) is 9.18 Å². The fourth-order valence-corrected chi connectivity index (χ4v) is 3.93. The number of benzene rings is 1. The lowest BCUT2D eigenvalue weighted by Crippen LogP contribution is -2.54. The van der Waals surface area contributed by atoms with Gasteiger partial charge in [-0.15, -0.1) is 0 Å². The zero-order valence-corrected chi connectivity index (χ0v) is 15.5. The zero-order chi connectivity index (χ0) is 19.0. The topological polar surface area (TPSA) is 57.0 Å². The number of furan rings is 1. The van der Waals surface area contributed by atoms with Gasteiger partial charge in [-0.05, 0) is 44.4 Å². The van der Waals surface area contributed by atoms with Gasteiger partial charge in [-0.3, -0.25) is 4.79 Å². The van der Waals surface area contributed by atoms with Crippen LogP contribution < -0.4 is 0 Å². The van der Waals surface area contributed by atoms with Gasteiger partial charge in [0, 0.05) is 50.2 Å². The predicted molar refractivity (Wildman–Crippen MR) is 99.2 cm³/mol. The summed E-state index contributed by atoms with van der Waals surface area (Å²) in [5, 5.41) is 0.622. The van der Waals surface area contributed by atoms with E-state index in [0.29, 0.717) is 42.7 Å². The Labute approximate surface area is 157 Å². The minimum absolute atomic E-state index is 0.0807. The lowest BCUT2D eigenvalue weighted by Gasteiger charge is -2.38. The molecule has 0 spiro atoms. The molecule has 6 nitrogen and oxygen atoms in total. The van der Waals surface area contributed by atoms with Crippen molar-refractivity contribution in [1.82, 2.24) is 14.7 Å². The van der Waals surface area contributed by atoms with Gasteiger partial charge in [-0.25, -0.2) is 9.18 Å². The lowest BCUT2D eigenvalue weighted by molar-refractivity contribution is 0.0605. The maximum atomic E-state index is 13.5. The second-order valence-electron chi connectivity index (χ2n) is 7.31. The van der Waals surface area contributed by atoms with Crippen LogP contribution in [0, 0.1) is 12.7 Å². The third kappa shape index (κ3) is 3.38. The summed E-state index contributed by atoms with van der Waals surface area (Å²) >= 11 is 0. The van der Waals surface area contributed by atoms with Crippen molar-refractivity contribution >= 4 is 22.9 Å². The van der Waals surface area contributed by atoms with Crippen LogP contribution in [0.5, 0.6) is 0 Å². The SMILES string of the molecule is Cc1c(C(=O)N2CCN(C(=O)N3CCCCC3)CC2)oc2ccc(F)cc12. The highest BCUT2D eigenvalue weighted by Crippen LogP contribution is 2.27. The molecular formula is C20H24FN3O3. The number of carbonyl (C=O) groups is 2. The van der Waals surface area contributed by atoms with Gasteiger partial charge in [0.15, 0.2) is 5.76 Å². The number of fused-ring (bicyclic) bond motifs is 1. The minimum atomic E-state index is -0.352. The van der Waals surface area contributed by atoms with Gasteiger partial charge >= 0.3 is 6.03 Å². The summed E-state index contributed by atoms with van der Waals surface area (Å²) in [5.74, 6) is -0.296. The molecule has 27 heavy (non-hydrogen) atoms. The number of nitrogens with zero attached hydrogens (tertiary/aromatic N) is 3. The molecule has 0 unspecified atom stereocenters. The Balaban J connectivity index is 1.43. The molecule has 0 N–H and O–H groups in total. The fraction of sp³-hybridized carbons (Fsp3) is 0.500. The van der Waals surface area contributed by atoms with Crippen LogP contribution in [0.3, 0.4) is 0 Å². The van der Waals surface area contributed by atoms with Crippen LogP contribution in [0.1, 0.15) is 35.4 Å². The summed E-state index contributed by atoms with van der Waals surface area (Å²) in [5.41, 5.74) is 1.16. The van der Waals surface area contributed by atoms with Crippen LogP contribution >= 0.6 is 0 Å². The van der Waals surface area contributed by atoms with Gasteiger partial charge in [0.1, 0.15) is 11.4 Å². The molecule has 0 radical (unpaired) electrons. The number of urea groups is 1. The van der Waals surface area contributed by atoms with Crippen LogP contribution in [-0.2, 0) is 0 Å². The number of piperidine rings is 1. The lowest BCUT2D eigenvalue weighted by atomic mass is 10.1. The molecule has 0 saturated carbocycles. The second-order valence-corrected chi connectivity index (χ2v) is 7.31. The Hall–Kier alpha value is -2.57. The monoisotopic (exact) mass is 373 g/mol. The molecule has 2 saturated heterocycles. The predicted octanol–water partition coefficient (Wildman–Crippen LogP) is 3.24. The maximum absolute atomic E-state index is 13.5. The van der Waals surface area contributed by atoms with E-state index in [9.17, 15) is 14.0 Å². The summed E-state index contributed by atoms with van der Waals surface area (Å²) in [6, 6.07) is 4.34. The number of aryl methyl sites for hydroxylation is 1. The molecule has 2 aliphatic rings. The van der Waals surface area contributed by atoms with E-state index in [1.807, 2.05) is 9.80 Å². The molecule has 3 heterocycles. The number of rotatable bonds is 1. The molecule has 0 atom stereocenters. The molecule has 4 rings (SSSR count). The summed E-state index contributed by atoms with van der Waals surface area (Å²) < 4.78 is 19.2. The Morgan fingerprint density at radius 1 is 0.926 bits per heavy atom. The third-order valence-electron chi connectivity index (χ3n) is 5.56. The molecule has 2 fully saturated rings. The Morgan fingerprint density at radius 2 is 1.56 bits per heavy atom. The summed E-state index contributed by atoms with van der Waals surface area (Å²) in [7, 11) is 0. The fourth-order valence-electron chi connectivity index (χ4n) is 3.93. The van der Waals surface area contributed by atoms with E-state index >= 15 is 0 Å². The van der Waals surface area contributed by atoms with Gasteiger partial charge in [-0.2, -0.15) is 0 Å². The highest BCUT2D eigenvalue weighted by molar-refractivity contribution is 5.99. The average Bonchev–Trinajstić information content (AvgIpc) is 3.04. The second kappa shape index (κ2) is 7.21. The molecular weight excluding hydrogens is 349 g/mol. The first-order valence-electron chi connectivity index (χ1n) is 9.56. The van der Waals surface area contributed by atoms with Crippen LogP contribution in [0.2, 0.25) is 0 Å². The summed E-state index contributed by atoms with van der Waals surface area (Å²) in [6.07, 6.45) is 3.32. The largest absolute Gasteiger partial charge is 0.451 e. The van der Waals surface area contributed by atoms with Crippen molar-refractivity contribution in [1.29, 1.82) is 0 Å². The first kappa shape index (κ1) is 17.8. The van der Waals surface area contributed by atoms with E-state index in [1.165, 1.54) is 18.6 Å². The number of likely N-dealkylation sites (tertiary alicyclic amines) is 1. The number of amides is 3. The standard InChI is InChI=1S/C20H24FN3O3/c1-14-16-13-15(21)5-6-17(16)27-18(14)19(25)22-9-11-24(12-10-22)20(26)23-7-3-2-4-8-23/h5-6,13H,2-4,7-12H2,1H3. The van der Waals surface area contributed by atoms with E-state index in [1.54, 1.807) is 17.9 Å². The molecule has 1 aromatic carbocycles. The van der Waals surface area contributed by atoms with Crippen molar-refractivity contribution in [3.8, 4) is 0 Å². The van der Waals surface area contributed by atoms with E-state index in [0.717, 1.165) is 25.9 Å². The summed E-state index contributed by atoms with van der Waals surface area (Å²) in [4.78, 5) is 30.9. The van der Waals surface area contributed by atoms with E-state index in [4.69, 9.17) is 4.42 Å². The number of hydrogen-bond acceptors (Lipinski definition) is 3. The van der Waals surface area contributed by atoms with Crippen LogP contribution in [0.25, 0.3) is 11.0 Å². The van der Waals surface area contributed by atoms with Crippen molar-refractivity contribution in [2.75, 3.05) is 39.3 Å². The smallest absolute Gasteiger partial charge is 0.320 e. The van der Waals surface area contributed by atoms with Crippen molar-refractivity contribution in [3.63, 3.8) is 0 Å². The van der Waals surface area contributed by atoms with Crippen molar-refractivity contribution in [3.05, 3.63) is 35.3 Å². The normalized spacial score (nSPS) is 18.2. The van der Waals surface area contributed by atoms with Gasteiger partial charge in [0.2, 0.25) is 0 Å². The third-order valence-corrected chi connectivity index (χ3v) is 5.56. The molecule has 7 heteroatoms. The number of halogens is 1. The zero-order valence-electron chi connectivity index (χ0n) is 15.5. The number of piperazine rings is 1. The highest BCUT2D eigenvalue weighted by Gasteiger charge is 2.30. The van der Waals surface area contributed by atoms with Gasteiger partial charge < -0.3 is 19.1 Å². The average molecular weight is 373 g/mol. The molecule has 0 bridgehead atoms.